The number of para-hydroxylation sites is 1. The molecule has 0 fully saturated rings. The SMILES string of the molecule is Cc1noc(-c2ccccc2OCC(F)(F)F)n1. The Labute approximate surface area is 100 Å². The quantitative estimate of drug-likeness (QED) is 0.849. The van der Waals surface area contributed by atoms with Gasteiger partial charge in [-0.25, -0.2) is 0 Å². The van der Waals surface area contributed by atoms with E-state index in [4.69, 9.17) is 9.26 Å². The summed E-state index contributed by atoms with van der Waals surface area (Å²) in [7, 11) is 0. The lowest BCUT2D eigenvalue weighted by atomic mass is 10.2. The van der Waals surface area contributed by atoms with Gasteiger partial charge in [0.2, 0.25) is 0 Å². The maximum absolute atomic E-state index is 12.1. The van der Waals surface area contributed by atoms with Crippen molar-refractivity contribution in [2.75, 3.05) is 6.61 Å². The standard InChI is InChI=1S/C11H9F3N2O2/c1-7-15-10(18-16-7)8-4-2-3-5-9(8)17-6-11(12,13)14/h2-5H,6H2,1H3. The maximum atomic E-state index is 12.1. The lowest BCUT2D eigenvalue weighted by molar-refractivity contribution is -0.153. The van der Waals surface area contributed by atoms with E-state index in [2.05, 4.69) is 10.1 Å². The number of alkyl halides is 3. The topological polar surface area (TPSA) is 48.2 Å². The van der Waals surface area contributed by atoms with E-state index in [1.165, 1.54) is 6.07 Å². The minimum Gasteiger partial charge on any atom is -0.483 e. The van der Waals surface area contributed by atoms with E-state index in [1.54, 1.807) is 25.1 Å². The zero-order valence-corrected chi connectivity index (χ0v) is 9.36. The second-order valence-corrected chi connectivity index (χ2v) is 3.55. The molecule has 2 aromatic rings. The molecule has 1 aromatic heterocycles. The first-order valence-electron chi connectivity index (χ1n) is 5.05. The van der Waals surface area contributed by atoms with Crippen LogP contribution in [0.4, 0.5) is 13.2 Å². The molecule has 0 saturated heterocycles. The molecular weight excluding hydrogens is 249 g/mol. The molecule has 0 aliphatic carbocycles. The number of ether oxygens (including phenoxy) is 1. The van der Waals surface area contributed by atoms with Gasteiger partial charge in [0.1, 0.15) is 5.75 Å². The van der Waals surface area contributed by atoms with Crippen LogP contribution in [0.5, 0.6) is 5.75 Å². The first kappa shape index (κ1) is 12.4. The largest absolute Gasteiger partial charge is 0.483 e. The number of hydrogen-bond acceptors (Lipinski definition) is 4. The van der Waals surface area contributed by atoms with E-state index in [1.807, 2.05) is 0 Å². The summed E-state index contributed by atoms with van der Waals surface area (Å²) >= 11 is 0. The highest BCUT2D eigenvalue weighted by Gasteiger charge is 2.29. The predicted octanol–water partition coefficient (Wildman–Crippen LogP) is 2.99. The molecule has 0 N–H and O–H groups in total. The van der Waals surface area contributed by atoms with Crippen molar-refractivity contribution >= 4 is 0 Å². The van der Waals surface area contributed by atoms with Gasteiger partial charge in [-0.05, 0) is 19.1 Å². The zero-order chi connectivity index (χ0) is 13.2. The summed E-state index contributed by atoms with van der Waals surface area (Å²) in [6.45, 7) is 0.253. The highest BCUT2D eigenvalue weighted by atomic mass is 19.4. The zero-order valence-electron chi connectivity index (χ0n) is 9.36. The number of hydrogen-bond donors (Lipinski definition) is 0. The van der Waals surface area contributed by atoms with E-state index in [-0.39, 0.29) is 11.6 Å². The van der Waals surface area contributed by atoms with E-state index in [0.29, 0.717) is 11.4 Å². The second-order valence-electron chi connectivity index (χ2n) is 3.55. The number of rotatable bonds is 3. The molecular formula is C11H9F3N2O2. The van der Waals surface area contributed by atoms with Crippen LogP contribution < -0.4 is 4.74 Å². The third-order valence-corrected chi connectivity index (χ3v) is 2.04. The Morgan fingerprint density at radius 3 is 2.61 bits per heavy atom. The minimum absolute atomic E-state index is 0.0541. The summed E-state index contributed by atoms with van der Waals surface area (Å²) in [6, 6.07) is 6.19. The number of aryl methyl sites for hydroxylation is 1. The first-order chi connectivity index (χ1) is 8.46. The average Bonchev–Trinajstić information content (AvgIpc) is 2.72. The van der Waals surface area contributed by atoms with Crippen molar-refractivity contribution in [1.82, 2.24) is 10.1 Å². The fourth-order valence-corrected chi connectivity index (χ4v) is 1.34. The summed E-state index contributed by atoms with van der Waals surface area (Å²) in [5.41, 5.74) is 0.336. The predicted molar refractivity (Wildman–Crippen MR) is 56.0 cm³/mol. The molecule has 0 saturated carbocycles. The van der Waals surface area contributed by atoms with Crippen molar-refractivity contribution in [2.24, 2.45) is 0 Å². The van der Waals surface area contributed by atoms with Crippen molar-refractivity contribution < 1.29 is 22.4 Å². The van der Waals surface area contributed by atoms with Gasteiger partial charge in [0.25, 0.3) is 5.89 Å². The van der Waals surface area contributed by atoms with Crippen LogP contribution >= 0.6 is 0 Å². The van der Waals surface area contributed by atoms with Crippen molar-refractivity contribution in [3.8, 4) is 17.2 Å². The molecule has 0 atom stereocenters. The Morgan fingerprint density at radius 1 is 1.28 bits per heavy atom. The monoisotopic (exact) mass is 258 g/mol. The molecule has 0 radical (unpaired) electrons. The van der Waals surface area contributed by atoms with E-state index in [9.17, 15) is 13.2 Å². The molecule has 1 aromatic carbocycles. The van der Waals surface area contributed by atoms with Crippen molar-refractivity contribution in [1.29, 1.82) is 0 Å². The highest BCUT2D eigenvalue weighted by Crippen LogP contribution is 2.29. The number of benzene rings is 1. The third kappa shape index (κ3) is 2.99. The molecule has 0 amide bonds. The molecule has 4 nitrogen and oxygen atoms in total. The summed E-state index contributed by atoms with van der Waals surface area (Å²) in [5, 5.41) is 3.58. The van der Waals surface area contributed by atoms with Gasteiger partial charge in [-0.2, -0.15) is 18.2 Å². The fourth-order valence-electron chi connectivity index (χ4n) is 1.34. The molecule has 0 bridgehead atoms. The van der Waals surface area contributed by atoms with Gasteiger partial charge in [-0.15, -0.1) is 0 Å². The van der Waals surface area contributed by atoms with Gasteiger partial charge in [-0.1, -0.05) is 17.3 Å². The first-order valence-corrected chi connectivity index (χ1v) is 5.05. The molecule has 18 heavy (non-hydrogen) atoms. The third-order valence-electron chi connectivity index (χ3n) is 2.04. The van der Waals surface area contributed by atoms with Gasteiger partial charge in [0, 0.05) is 0 Å². The van der Waals surface area contributed by atoms with Crippen LogP contribution in [0.15, 0.2) is 28.8 Å². The van der Waals surface area contributed by atoms with E-state index >= 15 is 0 Å². The van der Waals surface area contributed by atoms with Crippen LogP contribution in [0.3, 0.4) is 0 Å². The molecule has 0 aliphatic rings. The average molecular weight is 258 g/mol. The molecule has 0 unspecified atom stereocenters. The number of nitrogens with zero attached hydrogens (tertiary/aromatic N) is 2. The maximum Gasteiger partial charge on any atom is 0.422 e. The van der Waals surface area contributed by atoms with E-state index < -0.39 is 12.8 Å². The molecule has 96 valence electrons. The Kier molecular flexibility index (Phi) is 3.22. The summed E-state index contributed by atoms with van der Waals surface area (Å²) in [6.07, 6.45) is -4.39. The van der Waals surface area contributed by atoms with Gasteiger partial charge in [0.05, 0.1) is 5.56 Å². The Hall–Kier alpha value is -2.05. The molecule has 1 heterocycles. The smallest absolute Gasteiger partial charge is 0.422 e. The van der Waals surface area contributed by atoms with Crippen LogP contribution in [0.2, 0.25) is 0 Å². The highest BCUT2D eigenvalue weighted by molar-refractivity contribution is 5.62. The summed E-state index contributed by atoms with van der Waals surface area (Å²) in [4.78, 5) is 3.95. The Bertz CT molecular complexity index is 537. The van der Waals surface area contributed by atoms with Gasteiger partial charge < -0.3 is 9.26 Å². The van der Waals surface area contributed by atoms with Crippen molar-refractivity contribution in [2.45, 2.75) is 13.1 Å². The van der Waals surface area contributed by atoms with E-state index in [0.717, 1.165) is 0 Å². The summed E-state index contributed by atoms with van der Waals surface area (Å²) in [5.74, 6) is 0.583. The number of halogens is 3. The van der Waals surface area contributed by atoms with Crippen LogP contribution in [0.25, 0.3) is 11.5 Å². The van der Waals surface area contributed by atoms with Gasteiger partial charge in [0.15, 0.2) is 12.4 Å². The van der Waals surface area contributed by atoms with Gasteiger partial charge in [-0.3, -0.25) is 0 Å². The van der Waals surface area contributed by atoms with Crippen molar-refractivity contribution in [3.05, 3.63) is 30.1 Å². The summed E-state index contributed by atoms with van der Waals surface area (Å²) < 4.78 is 45.9. The molecule has 0 aliphatic heterocycles. The van der Waals surface area contributed by atoms with Crippen LogP contribution in [0.1, 0.15) is 5.82 Å². The fraction of sp³-hybridized carbons (Fsp3) is 0.273. The molecule has 7 heteroatoms. The minimum atomic E-state index is -4.39. The van der Waals surface area contributed by atoms with Crippen LogP contribution in [-0.4, -0.2) is 22.9 Å². The lowest BCUT2D eigenvalue weighted by Crippen LogP contribution is -2.19. The Morgan fingerprint density at radius 2 is 2.00 bits per heavy atom. The van der Waals surface area contributed by atoms with Crippen LogP contribution in [-0.2, 0) is 0 Å². The molecule has 0 spiro atoms. The molecule has 2 rings (SSSR count). The normalized spacial score (nSPS) is 11.6. The Balaban J connectivity index is 2.26. The number of aromatic nitrogens is 2. The van der Waals surface area contributed by atoms with Crippen molar-refractivity contribution in [3.63, 3.8) is 0 Å². The van der Waals surface area contributed by atoms with Gasteiger partial charge >= 0.3 is 6.18 Å². The lowest BCUT2D eigenvalue weighted by Gasteiger charge is -2.10. The second kappa shape index (κ2) is 4.67. The van der Waals surface area contributed by atoms with Crippen LogP contribution in [0, 0.1) is 6.92 Å².